The molecule has 1 aliphatic rings. The summed E-state index contributed by atoms with van der Waals surface area (Å²) in [6, 6.07) is 26.9. The number of benzene rings is 4. The van der Waals surface area contributed by atoms with E-state index in [0.717, 1.165) is 39.2 Å². The second kappa shape index (κ2) is 11.1. The molecule has 1 heterocycles. The summed E-state index contributed by atoms with van der Waals surface area (Å²) in [6.45, 7) is 2.95. The van der Waals surface area contributed by atoms with Crippen LogP contribution in [0.2, 0.25) is 5.02 Å². The zero-order valence-corrected chi connectivity index (χ0v) is 21.7. The molecule has 0 bridgehead atoms. The van der Waals surface area contributed by atoms with Gasteiger partial charge in [0, 0.05) is 5.02 Å². The molecule has 4 aromatic rings. The normalized spacial score (nSPS) is 14.5. The maximum atomic E-state index is 13.1. The van der Waals surface area contributed by atoms with E-state index in [-0.39, 0.29) is 17.7 Å². The van der Waals surface area contributed by atoms with E-state index in [1.54, 1.807) is 6.08 Å². The first kappa shape index (κ1) is 24.9. The van der Waals surface area contributed by atoms with E-state index >= 15 is 0 Å². The van der Waals surface area contributed by atoms with Crippen LogP contribution in [0.5, 0.6) is 11.5 Å². The van der Waals surface area contributed by atoms with Crippen molar-refractivity contribution in [1.29, 1.82) is 0 Å². The summed E-state index contributed by atoms with van der Waals surface area (Å²) in [4.78, 5) is 27.5. The van der Waals surface area contributed by atoms with Gasteiger partial charge in [-0.3, -0.25) is 14.5 Å². The molecule has 0 spiro atoms. The SMILES string of the molecule is CCOc1cc(/C=C2\SC(=O)N(Cc3ccc4ccccc4c3)C2=O)ccc1OCc1ccc(Cl)cc1. The number of halogens is 1. The van der Waals surface area contributed by atoms with E-state index in [4.69, 9.17) is 21.1 Å². The quantitative estimate of drug-likeness (QED) is 0.219. The Morgan fingerprint density at radius 2 is 1.59 bits per heavy atom. The minimum absolute atomic E-state index is 0.231. The van der Waals surface area contributed by atoms with E-state index in [1.165, 1.54) is 4.90 Å². The Hall–Kier alpha value is -3.74. The second-order valence-corrected chi connectivity index (χ2v) is 9.93. The fourth-order valence-corrected chi connectivity index (χ4v) is 5.02. The van der Waals surface area contributed by atoms with Gasteiger partial charge in [0.2, 0.25) is 0 Å². The number of carbonyl (C=O) groups excluding carboxylic acids is 2. The first-order valence-corrected chi connectivity index (χ1v) is 13.1. The van der Waals surface area contributed by atoms with Gasteiger partial charge >= 0.3 is 0 Å². The molecule has 0 saturated carbocycles. The van der Waals surface area contributed by atoms with Crippen molar-refractivity contribution in [3.05, 3.63) is 112 Å². The Kier molecular flexibility index (Phi) is 7.49. The molecule has 0 aliphatic carbocycles. The molecule has 5 nitrogen and oxygen atoms in total. The molecule has 1 saturated heterocycles. The van der Waals surface area contributed by atoms with Crippen LogP contribution < -0.4 is 9.47 Å². The Morgan fingerprint density at radius 1 is 0.838 bits per heavy atom. The van der Waals surface area contributed by atoms with E-state index in [0.29, 0.717) is 34.6 Å². The first-order valence-electron chi connectivity index (χ1n) is 11.9. The van der Waals surface area contributed by atoms with E-state index in [9.17, 15) is 9.59 Å². The second-order valence-electron chi connectivity index (χ2n) is 8.50. The van der Waals surface area contributed by atoms with Crippen LogP contribution in [0.25, 0.3) is 16.8 Å². The van der Waals surface area contributed by atoms with Crippen molar-refractivity contribution in [3.63, 3.8) is 0 Å². The topological polar surface area (TPSA) is 55.8 Å². The predicted octanol–water partition coefficient (Wildman–Crippen LogP) is 7.71. The molecule has 4 aromatic carbocycles. The maximum Gasteiger partial charge on any atom is 0.293 e. The lowest BCUT2D eigenvalue weighted by molar-refractivity contribution is -0.123. The molecule has 5 rings (SSSR count). The molecule has 0 radical (unpaired) electrons. The third-order valence-corrected chi connectivity index (χ3v) is 7.06. The highest BCUT2D eigenvalue weighted by molar-refractivity contribution is 8.18. The molecule has 1 aliphatic heterocycles. The fraction of sp³-hybridized carbons (Fsp3) is 0.133. The Labute approximate surface area is 224 Å². The van der Waals surface area contributed by atoms with Gasteiger partial charge in [-0.05, 0) is 82.6 Å². The Balaban J connectivity index is 1.32. The largest absolute Gasteiger partial charge is 0.490 e. The predicted molar refractivity (Wildman–Crippen MR) is 149 cm³/mol. The summed E-state index contributed by atoms with van der Waals surface area (Å²) in [6.07, 6.45) is 1.72. The van der Waals surface area contributed by atoms with Crippen molar-refractivity contribution in [2.24, 2.45) is 0 Å². The van der Waals surface area contributed by atoms with Crippen molar-refractivity contribution in [2.45, 2.75) is 20.1 Å². The lowest BCUT2D eigenvalue weighted by Crippen LogP contribution is -2.27. The van der Waals surface area contributed by atoms with Crippen molar-refractivity contribution in [1.82, 2.24) is 4.90 Å². The lowest BCUT2D eigenvalue weighted by Gasteiger charge is -2.13. The highest BCUT2D eigenvalue weighted by Gasteiger charge is 2.35. The van der Waals surface area contributed by atoms with Gasteiger partial charge in [-0.2, -0.15) is 0 Å². The van der Waals surface area contributed by atoms with Crippen LogP contribution in [0.4, 0.5) is 4.79 Å². The average Bonchev–Trinajstić information content (AvgIpc) is 3.16. The molecule has 0 aromatic heterocycles. The monoisotopic (exact) mass is 529 g/mol. The van der Waals surface area contributed by atoms with Gasteiger partial charge in [-0.1, -0.05) is 66.2 Å². The van der Waals surface area contributed by atoms with Crippen molar-refractivity contribution >= 4 is 51.4 Å². The number of thioether (sulfide) groups is 1. The van der Waals surface area contributed by atoms with Gasteiger partial charge in [-0.15, -0.1) is 0 Å². The summed E-state index contributed by atoms with van der Waals surface area (Å²) in [5, 5.41) is 2.58. The number of hydrogen-bond donors (Lipinski definition) is 0. The van der Waals surface area contributed by atoms with Crippen molar-refractivity contribution < 1.29 is 19.1 Å². The molecule has 0 N–H and O–H groups in total. The fourth-order valence-electron chi connectivity index (χ4n) is 4.05. The van der Waals surface area contributed by atoms with Crippen molar-refractivity contribution in [3.8, 4) is 11.5 Å². The minimum Gasteiger partial charge on any atom is -0.490 e. The van der Waals surface area contributed by atoms with Crippen LogP contribution in [0.1, 0.15) is 23.6 Å². The van der Waals surface area contributed by atoms with Gasteiger partial charge in [-0.25, -0.2) is 0 Å². The number of hydrogen-bond acceptors (Lipinski definition) is 5. The van der Waals surface area contributed by atoms with E-state index < -0.39 is 0 Å². The molecule has 1 fully saturated rings. The number of amides is 2. The zero-order valence-electron chi connectivity index (χ0n) is 20.1. The highest BCUT2D eigenvalue weighted by atomic mass is 35.5. The lowest BCUT2D eigenvalue weighted by atomic mass is 10.1. The zero-order chi connectivity index (χ0) is 25.8. The van der Waals surface area contributed by atoms with E-state index in [2.05, 4.69) is 0 Å². The summed E-state index contributed by atoms with van der Waals surface area (Å²) < 4.78 is 11.8. The van der Waals surface area contributed by atoms with Crippen LogP contribution in [0.15, 0.2) is 89.8 Å². The average molecular weight is 530 g/mol. The summed E-state index contributed by atoms with van der Waals surface area (Å²) in [5.41, 5.74) is 2.64. The summed E-state index contributed by atoms with van der Waals surface area (Å²) in [5.74, 6) is 0.864. The van der Waals surface area contributed by atoms with Gasteiger partial charge in [0.1, 0.15) is 6.61 Å². The molecule has 37 heavy (non-hydrogen) atoms. The van der Waals surface area contributed by atoms with Gasteiger partial charge in [0.05, 0.1) is 18.1 Å². The van der Waals surface area contributed by atoms with Crippen LogP contribution >= 0.6 is 23.4 Å². The number of nitrogens with zero attached hydrogens (tertiary/aromatic N) is 1. The van der Waals surface area contributed by atoms with Crippen molar-refractivity contribution in [2.75, 3.05) is 6.61 Å². The minimum atomic E-state index is -0.302. The third kappa shape index (κ3) is 5.82. The number of carbonyl (C=O) groups is 2. The number of imide groups is 1. The standard InChI is InChI=1S/C30H24ClNO4S/c1-2-35-27-16-21(10-14-26(27)36-19-20-8-12-25(31)13-9-20)17-28-29(33)32(30(34)37-28)18-22-7-11-23-5-3-4-6-24(23)15-22/h3-17H,2,18-19H2,1H3/b28-17-. The molecular formula is C30H24ClNO4S. The summed E-state index contributed by atoms with van der Waals surface area (Å²) >= 11 is 6.90. The smallest absolute Gasteiger partial charge is 0.293 e. The number of ether oxygens (including phenoxy) is 2. The Bertz CT molecular complexity index is 1500. The van der Waals surface area contributed by atoms with Crippen LogP contribution in [-0.4, -0.2) is 22.7 Å². The first-order chi connectivity index (χ1) is 18.0. The highest BCUT2D eigenvalue weighted by Crippen LogP contribution is 2.36. The molecule has 7 heteroatoms. The molecular weight excluding hydrogens is 506 g/mol. The maximum absolute atomic E-state index is 13.1. The van der Waals surface area contributed by atoms with Gasteiger partial charge in [0.15, 0.2) is 11.5 Å². The van der Waals surface area contributed by atoms with Gasteiger partial charge < -0.3 is 9.47 Å². The number of fused-ring (bicyclic) bond motifs is 1. The Morgan fingerprint density at radius 3 is 2.38 bits per heavy atom. The molecule has 186 valence electrons. The van der Waals surface area contributed by atoms with Crippen LogP contribution in [-0.2, 0) is 17.9 Å². The molecule has 0 atom stereocenters. The van der Waals surface area contributed by atoms with E-state index in [1.807, 2.05) is 91.9 Å². The molecule has 2 amide bonds. The van der Waals surface area contributed by atoms with Crippen LogP contribution in [0, 0.1) is 0 Å². The van der Waals surface area contributed by atoms with Gasteiger partial charge in [0.25, 0.3) is 11.1 Å². The summed E-state index contributed by atoms with van der Waals surface area (Å²) in [7, 11) is 0. The van der Waals surface area contributed by atoms with Crippen LogP contribution in [0.3, 0.4) is 0 Å². The third-order valence-electron chi connectivity index (χ3n) is 5.90. The number of rotatable bonds is 8. The molecule has 0 unspecified atom stereocenters.